The predicted molar refractivity (Wildman–Crippen MR) is 127 cm³/mol. The van der Waals surface area contributed by atoms with E-state index in [4.69, 9.17) is 4.74 Å². The normalized spacial score (nSPS) is 22.7. The van der Waals surface area contributed by atoms with Crippen LogP contribution in [0.1, 0.15) is 6.42 Å². The Balaban J connectivity index is 1.21. The third-order valence-corrected chi connectivity index (χ3v) is 8.69. The molecule has 0 bridgehead atoms. The van der Waals surface area contributed by atoms with Crippen LogP contribution < -0.4 is 9.80 Å². The zero-order valence-corrected chi connectivity index (χ0v) is 20.0. The molecule has 0 aromatic heterocycles. The summed E-state index contributed by atoms with van der Waals surface area (Å²) in [4.78, 5) is 31.1. The quantitative estimate of drug-likeness (QED) is 0.570. The second-order valence-electron chi connectivity index (χ2n) is 8.80. The SMILES string of the molecule is O=C1C[C@H](N2CCN(c3ccc(S(=O)(=O)N4CCOCC4)cc3)CC2)C(=O)N1c1ccc(F)cc1. The molecule has 3 saturated heterocycles. The number of rotatable bonds is 5. The average molecular weight is 503 g/mol. The number of morpholine rings is 1. The van der Waals surface area contributed by atoms with E-state index in [1.807, 2.05) is 17.0 Å². The first-order valence-electron chi connectivity index (χ1n) is 11.6. The Bertz CT molecular complexity index is 1190. The molecule has 0 unspecified atom stereocenters. The molecule has 3 aliphatic rings. The van der Waals surface area contributed by atoms with E-state index in [0.717, 1.165) is 10.6 Å². The summed E-state index contributed by atoms with van der Waals surface area (Å²) in [5.74, 6) is -0.994. The summed E-state index contributed by atoms with van der Waals surface area (Å²) in [6, 6.07) is 11.7. The van der Waals surface area contributed by atoms with E-state index in [0.29, 0.717) is 58.2 Å². The van der Waals surface area contributed by atoms with Crippen LogP contribution >= 0.6 is 0 Å². The lowest BCUT2D eigenvalue weighted by Gasteiger charge is -2.38. The maximum atomic E-state index is 13.2. The highest BCUT2D eigenvalue weighted by Crippen LogP contribution is 2.28. The minimum atomic E-state index is -3.54. The molecule has 0 saturated carbocycles. The van der Waals surface area contributed by atoms with Gasteiger partial charge in [-0.1, -0.05) is 0 Å². The van der Waals surface area contributed by atoms with E-state index in [2.05, 4.69) is 4.90 Å². The largest absolute Gasteiger partial charge is 0.379 e. The van der Waals surface area contributed by atoms with Gasteiger partial charge in [0.05, 0.1) is 36.3 Å². The van der Waals surface area contributed by atoms with Crippen molar-refractivity contribution in [3.8, 4) is 0 Å². The van der Waals surface area contributed by atoms with Gasteiger partial charge in [0, 0.05) is 45.0 Å². The molecule has 0 radical (unpaired) electrons. The van der Waals surface area contributed by atoms with Crippen LogP contribution in [0.4, 0.5) is 15.8 Å². The molecule has 2 aromatic carbocycles. The Kier molecular flexibility index (Phi) is 6.58. The van der Waals surface area contributed by atoms with Crippen molar-refractivity contribution < 1.29 is 27.1 Å². The van der Waals surface area contributed by atoms with E-state index < -0.39 is 21.9 Å². The first kappa shape index (κ1) is 23.9. The number of ether oxygens (including phenoxy) is 1. The van der Waals surface area contributed by atoms with Crippen molar-refractivity contribution in [3.63, 3.8) is 0 Å². The number of hydrogen-bond acceptors (Lipinski definition) is 7. The molecule has 0 spiro atoms. The van der Waals surface area contributed by atoms with Gasteiger partial charge in [0.15, 0.2) is 0 Å². The zero-order chi connectivity index (χ0) is 24.6. The van der Waals surface area contributed by atoms with Gasteiger partial charge >= 0.3 is 0 Å². The number of imide groups is 1. The number of benzene rings is 2. The fourth-order valence-electron chi connectivity index (χ4n) is 4.82. The molecule has 2 aromatic rings. The Hall–Kier alpha value is -2.86. The average Bonchev–Trinajstić information content (AvgIpc) is 3.19. The van der Waals surface area contributed by atoms with Gasteiger partial charge in [0.25, 0.3) is 5.91 Å². The van der Waals surface area contributed by atoms with Crippen molar-refractivity contribution in [1.29, 1.82) is 0 Å². The van der Waals surface area contributed by atoms with Gasteiger partial charge in [-0.3, -0.25) is 14.5 Å². The van der Waals surface area contributed by atoms with Gasteiger partial charge in [0.2, 0.25) is 15.9 Å². The number of carbonyl (C=O) groups excluding carboxylic acids is 2. The molecular weight excluding hydrogens is 475 g/mol. The van der Waals surface area contributed by atoms with E-state index in [1.165, 1.54) is 28.6 Å². The van der Waals surface area contributed by atoms with Crippen molar-refractivity contribution in [2.75, 3.05) is 62.3 Å². The number of carbonyl (C=O) groups is 2. The number of anilines is 2. The summed E-state index contributed by atoms with van der Waals surface area (Å²) in [5.41, 5.74) is 1.29. The van der Waals surface area contributed by atoms with E-state index in [-0.39, 0.29) is 23.1 Å². The Morgan fingerprint density at radius 1 is 0.800 bits per heavy atom. The highest BCUT2D eigenvalue weighted by atomic mass is 32.2. The van der Waals surface area contributed by atoms with Crippen LogP contribution in [0.3, 0.4) is 0 Å². The molecule has 0 aliphatic carbocycles. The Morgan fingerprint density at radius 3 is 2.03 bits per heavy atom. The molecule has 35 heavy (non-hydrogen) atoms. The fraction of sp³-hybridized carbons (Fsp3) is 0.417. The van der Waals surface area contributed by atoms with Crippen LogP contribution in [0.2, 0.25) is 0 Å². The van der Waals surface area contributed by atoms with Crippen molar-refractivity contribution in [2.24, 2.45) is 0 Å². The number of piperazine rings is 1. The number of halogens is 1. The fourth-order valence-corrected chi connectivity index (χ4v) is 6.23. The summed E-state index contributed by atoms with van der Waals surface area (Å²) in [7, 11) is -3.54. The molecule has 3 fully saturated rings. The predicted octanol–water partition coefficient (Wildman–Crippen LogP) is 1.30. The lowest BCUT2D eigenvalue weighted by Crippen LogP contribution is -2.52. The first-order valence-corrected chi connectivity index (χ1v) is 13.1. The molecule has 9 nitrogen and oxygen atoms in total. The number of amides is 2. The van der Waals surface area contributed by atoms with Crippen LogP contribution in [0.25, 0.3) is 0 Å². The smallest absolute Gasteiger partial charge is 0.251 e. The van der Waals surface area contributed by atoms with Crippen LogP contribution in [0.5, 0.6) is 0 Å². The van der Waals surface area contributed by atoms with Crippen molar-refractivity contribution >= 4 is 33.2 Å². The zero-order valence-electron chi connectivity index (χ0n) is 19.2. The maximum absolute atomic E-state index is 13.2. The summed E-state index contributed by atoms with van der Waals surface area (Å²) in [6.45, 7) is 3.98. The summed E-state index contributed by atoms with van der Waals surface area (Å²) in [5, 5.41) is 0. The maximum Gasteiger partial charge on any atom is 0.251 e. The van der Waals surface area contributed by atoms with Crippen molar-refractivity contribution in [1.82, 2.24) is 9.21 Å². The lowest BCUT2D eigenvalue weighted by atomic mass is 10.1. The van der Waals surface area contributed by atoms with Gasteiger partial charge in [-0.25, -0.2) is 17.7 Å². The van der Waals surface area contributed by atoms with Crippen molar-refractivity contribution in [2.45, 2.75) is 17.4 Å². The molecule has 1 atom stereocenters. The molecule has 0 N–H and O–H groups in total. The molecule has 2 amide bonds. The molecular formula is C24H27FN4O5S. The number of hydrogen-bond donors (Lipinski definition) is 0. The number of nitrogens with zero attached hydrogens (tertiary/aromatic N) is 4. The monoisotopic (exact) mass is 502 g/mol. The summed E-state index contributed by atoms with van der Waals surface area (Å²) >= 11 is 0. The standard InChI is InChI=1S/C24H27FN4O5S/c25-18-1-3-20(4-2-18)29-23(30)17-22(24(29)31)27-11-9-26(10-12-27)19-5-7-21(8-6-19)35(32,33)28-13-15-34-16-14-28/h1-8,22H,9-17H2/t22-/m0/s1. The van der Waals surface area contributed by atoms with Gasteiger partial charge in [-0.2, -0.15) is 4.31 Å². The minimum Gasteiger partial charge on any atom is -0.379 e. The van der Waals surface area contributed by atoms with E-state index >= 15 is 0 Å². The highest BCUT2D eigenvalue weighted by molar-refractivity contribution is 7.89. The van der Waals surface area contributed by atoms with Gasteiger partial charge in [-0.15, -0.1) is 0 Å². The summed E-state index contributed by atoms with van der Waals surface area (Å²) < 4.78 is 45.6. The third-order valence-electron chi connectivity index (χ3n) is 6.77. The molecule has 3 heterocycles. The second kappa shape index (κ2) is 9.65. The summed E-state index contributed by atoms with van der Waals surface area (Å²) in [6.07, 6.45) is 0.101. The number of sulfonamides is 1. The lowest BCUT2D eigenvalue weighted by molar-refractivity contribution is -0.123. The van der Waals surface area contributed by atoms with Crippen molar-refractivity contribution in [3.05, 3.63) is 54.3 Å². The highest BCUT2D eigenvalue weighted by Gasteiger charge is 2.43. The molecule has 3 aliphatic heterocycles. The molecule has 5 rings (SSSR count). The van der Waals surface area contributed by atoms with Gasteiger partial charge < -0.3 is 9.64 Å². The molecule has 11 heteroatoms. The van der Waals surface area contributed by atoms with Crippen LogP contribution in [0.15, 0.2) is 53.4 Å². The topological polar surface area (TPSA) is 90.5 Å². The van der Waals surface area contributed by atoms with E-state index in [9.17, 15) is 22.4 Å². The molecule has 186 valence electrons. The van der Waals surface area contributed by atoms with E-state index in [1.54, 1.807) is 12.1 Å². The first-order chi connectivity index (χ1) is 16.8. The Labute approximate surface area is 203 Å². The van der Waals surface area contributed by atoms with Crippen LogP contribution in [-0.2, 0) is 24.3 Å². The minimum absolute atomic E-state index is 0.101. The second-order valence-corrected chi connectivity index (χ2v) is 10.7. The third kappa shape index (κ3) is 4.68. The van der Waals surface area contributed by atoms with Gasteiger partial charge in [0.1, 0.15) is 5.82 Å². The van der Waals surface area contributed by atoms with Gasteiger partial charge in [-0.05, 0) is 48.5 Å². The van der Waals surface area contributed by atoms with Crippen LogP contribution in [-0.4, -0.2) is 88.0 Å². The van der Waals surface area contributed by atoms with Crippen LogP contribution in [0, 0.1) is 5.82 Å². The Morgan fingerprint density at radius 2 is 1.40 bits per heavy atom.